The van der Waals surface area contributed by atoms with Crippen LogP contribution in [0.15, 0.2) is 4.99 Å². The van der Waals surface area contributed by atoms with E-state index in [9.17, 15) is 0 Å². The minimum absolute atomic E-state index is 0.290. The van der Waals surface area contributed by atoms with Gasteiger partial charge in [-0.15, -0.1) is 0 Å². The molecule has 7 heteroatoms. The van der Waals surface area contributed by atoms with Crippen molar-refractivity contribution in [2.75, 3.05) is 66.9 Å². The van der Waals surface area contributed by atoms with E-state index in [1.165, 1.54) is 0 Å². The van der Waals surface area contributed by atoms with Crippen LogP contribution in [-0.2, 0) is 18.9 Å². The largest absolute Gasteiger partial charge is 0.382 e. The zero-order valence-electron chi connectivity index (χ0n) is 14.6. The summed E-state index contributed by atoms with van der Waals surface area (Å²) in [6.45, 7) is 6.18. The second-order valence-corrected chi connectivity index (χ2v) is 5.45. The van der Waals surface area contributed by atoms with Gasteiger partial charge in [-0.3, -0.25) is 4.99 Å². The zero-order chi connectivity index (χ0) is 16.6. The number of guanidine groups is 1. The van der Waals surface area contributed by atoms with E-state index in [0.717, 1.165) is 71.2 Å². The molecule has 0 spiro atoms. The molecule has 1 aliphatic heterocycles. The Labute approximate surface area is 140 Å². The summed E-state index contributed by atoms with van der Waals surface area (Å²) < 4.78 is 21.3. The smallest absolute Gasteiger partial charge is 0.190 e. The van der Waals surface area contributed by atoms with E-state index in [0.29, 0.717) is 19.3 Å². The third-order valence-electron chi connectivity index (χ3n) is 3.52. The highest BCUT2D eigenvalue weighted by Crippen LogP contribution is 2.07. The van der Waals surface area contributed by atoms with Crippen molar-refractivity contribution in [2.24, 2.45) is 4.99 Å². The molecule has 1 heterocycles. The number of hydrogen-bond acceptors (Lipinski definition) is 5. The van der Waals surface area contributed by atoms with Crippen molar-refractivity contribution in [1.29, 1.82) is 0 Å². The number of hydrogen-bond donors (Lipinski definition) is 2. The molecule has 23 heavy (non-hydrogen) atoms. The van der Waals surface area contributed by atoms with Crippen molar-refractivity contribution in [1.82, 2.24) is 10.6 Å². The standard InChI is InChI=1S/C16H33N3O4/c1-17-16(18-7-3-4-9-21-13-12-20-2)19-8-5-10-23-15-6-11-22-14-15/h15H,3-14H2,1-2H3,(H2,17,18,19). The molecule has 2 N–H and O–H groups in total. The summed E-state index contributed by atoms with van der Waals surface area (Å²) in [5, 5.41) is 6.59. The molecular formula is C16H33N3O4. The highest BCUT2D eigenvalue weighted by molar-refractivity contribution is 5.79. The third-order valence-corrected chi connectivity index (χ3v) is 3.52. The Hall–Kier alpha value is -0.890. The number of ether oxygens (including phenoxy) is 4. The van der Waals surface area contributed by atoms with Gasteiger partial charge < -0.3 is 29.6 Å². The monoisotopic (exact) mass is 331 g/mol. The molecule has 1 unspecified atom stereocenters. The quantitative estimate of drug-likeness (QED) is 0.295. The van der Waals surface area contributed by atoms with Gasteiger partial charge in [-0.1, -0.05) is 0 Å². The van der Waals surface area contributed by atoms with Gasteiger partial charge in [-0.2, -0.15) is 0 Å². The highest BCUT2D eigenvalue weighted by Gasteiger charge is 2.15. The first-order valence-electron chi connectivity index (χ1n) is 8.57. The molecule has 0 amide bonds. The molecule has 0 aromatic carbocycles. The maximum atomic E-state index is 5.72. The van der Waals surface area contributed by atoms with Gasteiger partial charge in [-0.05, 0) is 25.7 Å². The van der Waals surface area contributed by atoms with Crippen molar-refractivity contribution in [2.45, 2.75) is 31.8 Å². The Kier molecular flexibility index (Phi) is 12.9. The third kappa shape index (κ3) is 11.3. The first-order chi connectivity index (χ1) is 11.4. The second-order valence-electron chi connectivity index (χ2n) is 5.45. The van der Waals surface area contributed by atoms with E-state index >= 15 is 0 Å². The average Bonchev–Trinajstić information content (AvgIpc) is 3.08. The van der Waals surface area contributed by atoms with Crippen molar-refractivity contribution in [3.8, 4) is 0 Å². The van der Waals surface area contributed by atoms with E-state index in [4.69, 9.17) is 18.9 Å². The Morgan fingerprint density at radius 1 is 1.09 bits per heavy atom. The van der Waals surface area contributed by atoms with E-state index in [1.54, 1.807) is 14.2 Å². The molecule has 0 aromatic heterocycles. The van der Waals surface area contributed by atoms with Gasteiger partial charge in [-0.25, -0.2) is 0 Å². The van der Waals surface area contributed by atoms with E-state index in [2.05, 4.69) is 15.6 Å². The van der Waals surface area contributed by atoms with Crippen LogP contribution < -0.4 is 10.6 Å². The number of aliphatic imine (C=N–C) groups is 1. The average molecular weight is 331 g/mol. The van der Waals surface area contributed by atoms with Gasteiger partial charge in [0.2, 0.25) is 0 Å². The van der Waals surface area contributed by atoms with E-state index in [-0.39, 0.29) is 0 Å². The Bertz CT molecular complexity index is 297. The number of unbranched alkanes of at least 4 members (excludes halogenated alkanes) is 1. The summed E-state index contributed by atoms with van der Waals surface area (Å²) in [6, 6.07) is 0. The molecule has 0 bridgehead atoms. The lowest BCUT2D eigenvalue weighted by molar-refractivity contribution is 0.0420. The maximum Gasteiger partial charge on any atom is 0.190 e. The molecular weight excluding hydrogens is 298 g/mol. The summed E-state index contributed by atoms with van der Waals surface area (Å²) >= 11 is 0. The van der Waals surface area contributed by atoms with Crippen LogP contribution in [0.4, 0.5) is 0 Å². The lowest BCUT2D eigenvalue weighted by atomic mass is 10.3. The van der Waals surface area contributed by atoms with Crippen LogP contribution in [0.5, 0.6) is 0 Å². The predicted octanol–water partition coefficient (Wildman–Crippen LogP) is 0.790. The van der Waals surface area contributed by atoms with Crippen molar-refractivity contribution >= 4 is 5.96 Å². The Balaban J connectivity index is 1.87. The molecule has 1 rings (SSSR count). The predicted molar refractivity (Wildman–Crippen MR) is 91.1 cm³/mol. The number of rotatable bonds is 13. The van der Waals surface area contributed by atoms with Gasteiger partial charge in [0.05, 0.1) is 25.9 Å². The number of methoxy groups -OCH3 is 1. The Morgan fingerprint density at radius 3 is 2.61 bits per heavy atom. The van der Waals surface area contributed by atoms with E-state index in [1.807, 2.05) is 0 Å². The minimum Gasteiger partial charge on any atom is -0.382 e. The topological polar surface area (TPSA) is 73.3 Å². The molecule has 136 valence electrons. The summed E-state index contributed by atoms with van der Waals surface area (Å²) in [7, 11) is 3.47. The molecule has 1 aliphatic rings. The molecule has 1 saturated heterocycles. The minimum atomic E-state index is 0.290. The molecule has 7 nitrogen and oxygen atoms in total. The van der Waals surface area contributed by atoms with Gasteiger partial charge in [0.15, 0.2) is 5.96 Å². The molecule has 0 aromatic rings. The fourth-order valence-corrected chi connectivity index (χ4v) is 2.17. The summed E-state index contributed by atoms with van der Waals surface area (Å²) in [6.07, 6.45) is 4.36. The van der Waals surface area contributed by atoms with Gasteiger partial charge >= 0.3 is 0 Å². The van der Waals surface area contributed by atoms with Crippen LogP contribution in [0.1, 0.15) is 25.7 Å². The van der Waals surface area contributed by atoms with Crippen LogP contribution in [0.25, 0.3) is 0 Å². The summed E-state index contributed by atoms with van der Waals surface area (Å²) in [5.41, 5.74) is 0. The zero-order valence-corrected chi connectivity index (χ0v) is 14.6. The fraction of sp³-hybridized carbons (Fsp3) is 0.938. The first-order valence-corrected chi connectivity index (χ1v) is 8.57. The number of nitrogens with one attached hydrogen (secondary N) is 2. The second kappa shape index (κ2) is 14.7. The highest BCUT2D eigenvalue weighted by atomic mass is 16.5. The molecule has 1 atom stereocenters. The molecule has 0 aliphatic carbocycles. The molecule has 0 saturated carbocycles. The fourth-order valence-electron chi connectivity index (χ4n) is 2.17. The van der Waals surface area contributed by atoms with Crippen LogP contribution in [-0.4, -0.2) is 79.0 Å². The van der Waals surface area contributed by atoms with Crippen LogP contribution in [0, 0.1) is 0 Å². The summed E-state index contributed by atoms with van der Waals surface area (Å²) in [5.74, 6) is 0.842. The maximum absolute atomic E-state index is 5.72. The van der Waals surface area contributed by atoms with Crippen LogP contribution in [0.2, 0.25) is 0 Å². The van der Waals surface area contributed by atoms with E-state index < -0.39 is 0 Å². The van der Waals surface area contributed by atoms with Gasteiger partial charge in [0, 0.05) is 47.1 Å². The molecule has 0 radical (unpaired) electrons. The SMILES string of the molecule is CN=C(NCCCCOCCOC)NCCCOC1CCOC1. The summed E-state index contributed by atoms with van der Waals surface area (Å²) in [4.78, 5) is 4.21. The normalized spacial score (nSPS) is 18.3. The van der Waals surface area contributed by atoms with Gasteiger partial charge in [0.25, 0.3) is 0 Å². The Morgan fingerprint density at radius 2 is 1.91 bits per heavy atom. The van der Waals surface area contributed by atoms with Crippen LogP contribution in [0.3, 0.4) is 0 Å². The van der Waals surface area contributed by atoms with Crippen LogP contribution >= 0.6 is 0 Å². The number of nitrogens with zero attached hydrogens (tertiary/aromatic N) is 1. The van der Waals surface area contributed by atoms with Gasteiger partial charge in [0.1, 0.15) is 0 Å². The van der Waals surface area contributed by atoms with Crippen molar-refractivity contribution < 1.29 is 18.9 Å². The molecule has 1 fully saturated rings. The lowest BCUT2D eigenvalue weighted by Crippen LogP contribution is -2.38. The first kappa shape index (κ1) is 20.2. The van der Waals surface area contributed by atoms with Crippen molar-refractivity contribution in [3.05, 3.63) is 0 Å². The van der Waals surface area contributed by atoms with Crippen molar-refractivity contribution in [3.63, 3.8) is 0 Å². The lowest BCUT2D eigenvalue weighted by Gasteiger charge is -2.13.